The molecule has 2 aliphatic carbocycles. The minimum atomic E-state index is -4.50. The fraction of sp³-hybridized carbons (Fsp3) is 1.00. The van der Waals surface area contributed by atoms with Crippen molar-refractivity contribution in [1.82, 2.24) is 20.0 Å². The molecular weight excluding hydrogens is 338 g/mol. The van der Waals surface area contributed by atoms with E-state index in [9.17, 15) is 26.3 Å². The van der Waals surface area contributed by atoms with Crippen molar-refractivity contribution in [1.29, 1.82) is 0 Å². The smallest absolute Gasteiger partial charge is 0.234 e. The molecule has 4 aliphatic heterocycles. The van der Waals surface area contributed by atoms with Gasteiger partial charge in [0.1, 0.15) is 7.05 Å². The van der Waals surface area contributed by atoms with Crippen LogP contribution in [0.25, 0.3) is 0 Å². The summed E-state index contributed by atoms with van der Waals surface area (Å²) in [5.74, 6) is -0.743. The van der Waals surface area contributed by atoms with Crippen LogP contribution in [0.2, 0.25) is 0 Å². The molecule has 0 aromatic carbocycles. The molecule has 0 aromatic rings. The summed E-state index contributed by atoms with van der Waals surface area (Å²) in [6.45, 7) is 0. The van der Waals surface area contributed by atoms with Crippen LogP contribution in [0.15, 0.2) is 0 Å². The first-order valence-corrected chi connectivity index (χ1v) is 8.21. The first kappa shape index (κ1) is 16.9. The van der Waals surface area contributed by atoms with E-state index in [4.69, 9.17) is 0 Å². The van der Waals surface area contributed by atoms with Gasteiger partial charge in [0.15, 0.2) is 6.04 Å². The number of fused-ring (bicyclic) bond motifs is 4. The largest absolute Gasteiger partial charge is 0.508 e. The summed E-state index contributed by atoms with van der Waals surface area (Å²) in [6.07, 6.45) is -7.18. The minimum absolute atomic E-state index is 0.371. The Morgan fingerprint density at radius 3 is 1.96 bits per heavy atom. The molecule has 0 unspecified atom stereocenters. The van der Waals surface area contributed by atoms with Crippen molar-refractivity contribution >= 4 is 0 Å². The molecule has 6 atom stereocenters. The van der Waals surface area contributed by atoms with Crippen molar-refractivity contribution < 1.29 is 26.3 Å². The average Bonchev–Trinajstić information content (AvgIpc) is 2.45. The van der Waals surface area contributed by atoms with Gasteiger partial charge in [-0.3, -0.25) is 0 Å². The zero-order chi connectivity index (χ0) is 17.6. The summed E-state index contributed by atoms with van der Waals surface area (Å²) in [5.41, 5.74) is 0. The maximum Gasteiger partial charge on any atom is 0.508 e. The number of hydrogen-bond donors (Lipinski definition) is 0. The molecule has 4 saturated heterocycles. The first-order valence-electron chi connectivity index (χ1n) is 8.21. The van der Waals surface area contributed by atoms with E-state index >= 15 is 0 Å². The molecule has 0 N–H and O–H groups in total. The molecular formula is C14H20F6N4+. The quantitative estimate of drug-likeness (QED) is 0.376. The topological polar surface area (TPSA) is 15.6 Å². The van der Waals surface area contributed by atoms with Gasteiger partial charge in [0, 0.05) is 37.4 Å². The second-order valence-corrected chi connectivity index (χ2v) is 7.35. The van der Waals surface area contributed by atoms with Crippen LogP contribution in [0.3, 0.4) is 0 Å². The van der Waals surface area contributed by atoms with Gasteiger partial charge >= 0.3 is 12.6 Å². The number of nitrogens with zero attached hydrogens (tertiary/aromatic N) is 4. The number of alkyl halides is 6. The highest BCUT2D eigenvalue weighted by Gasteiger charge is 2.72. The molecule has 2 saturated carbocycles. The van der Waals surface area contributed by atoms with Crippen molar-refractivity contribution in [2.24, 2.45) is 11.8 Å². The molecule has 1 radical (unpaired) electrons. The Morgan fingerprint density at radius 1 is 0.792 bits per heavy atom. The summed E-state index contributed by atoms with van der Waals surface area (Å²) in [7, 11) is 2.73. The van der Waals surface area contributed by atoms with Gasteiger partial charge in [-0.25, -0.2) is 5.01 Å². The summed E-state index contributed by atoms with van der Waals surface area (Å²) >= 11 is 0. The third-order valence-corrected chi connectivity index (χ3v) is 6.53. The van der Waals surface area contributed by atoms with Crippen LogP contribution in [0, 0.1) is 11.8 Å². The van der Waals surface area contributed by atoms with Crippen molar-refractivity contribution in [3.63, 3.8) is 0 Å². The molecule has 6 fully saturated rings. The molecule has 24 heavy (non-hydrogen) atoms. The van der Waals surface area contributed by atoms with E-state index in [-0.39, 0.29) is 11.8 Å². The van der Waals surface area contributed by atoms with E-state index in [1.54, 1.807) is 0 Å². The Labute approximate surface area is 135 Å². The SMILES string of the molecule is CN1[C@@H]2CC[C@@H]([C@H]3[C@H]2[C@@H]2CC[C@H]3[N+](C)N2C(F)(F)F)N1C(F)(F)F. The second kappa shape index (κ2) is 4.99. The molecule has 137 valence electrons. The van der Waals surface area contributed by atoms with Crippen molar-refractivity contribution in [3.8, 4) is 0 Å². The Balaban J connectivity index is 1.74. The predicted octanol–water partition coefficient (Wildman–Crippen LogP) is 2.48. The van der Waals surface area contributed by atoms with Crippen molar-refractivity contribution in [2.45, 2.75) is 62.5 Å². The highest BCUT2D eigenvalue weighted by atomic mass is 19.4. The Kier molecular flexibility index (Phi) is 3.50. The van der Waals surface area contributed by atoms with Crippen LogP contribution in [-0.4, -0.2) is 65.9 Å². The predicted molar refractivity (Wildman–Crippen MR) is 72.2 cm³/mol. The molecule has 6 rings (SSSR count). The van der Waals surface area contributed by atoms with Gasteiger partial charge in [0.25, 0.3) is 0 Å². The summed E-state index contributed by atoms with van der Waals surface area (Å²) in [4.78, 5) is 0. The summed E-state index contributed by atoms with van der Waals surface area (Å²) in [6, 6.07) is -2.52. The van der Waals surface area contributed by atoms with E-state index in [1.165, 1.54) is 14.1 Å². The molecule has 4 heterocycles. The van der Waals surface area contributed by atoms with E-state index in [2.05, 4.69) is 0 Å². The van der Waals surface area contributed by atoms with Gasteiger partial charge in [-0.2, -0.15) is 26.3 Å². The zero-order valence-electron chi connectivity index (χ0n) is 13.3. The lowest BCUT2D eigenvalue weighted by Crippen LogP contribution is -2.83. The highest BCUT2D eigenvalue weighted by Crippen LogP contribution is 2.56. The number of rotatable bonds is 0. The van der Waals surface area contributed by atoms with Crippen molar-refractivity contribution in [3.05, 3.63) is 0 Å². The molecule has 4 nitrogen and oxygen atoms in total. The molecule has 6 aliphatic rings. The van der Waals surface area contributed by atoms with Crippen LogP contribution in [0.1, 0.15) is 25.7 Å². The van der Waals surface area contributed by atoms with Gasteiger partial charge < -0.3 is 0 Å². The molecule has 10 heteroatoms. The Bertz CT molecular complexity index is 476. The van der Waals surface area contributed by atoms with Gasteiger partial charge in [-0.15, -0.1) is 5.01 Å². The van der Waals surface area contributed by atoms with E-state index in [1.807, 2.05) is 0 Å². The average molecular weight is 358 g/mol. The normalized spacial score (nSPS) is 45.0. The lowest BCUT2D eigenvalue weighted by molar-refractivity contribution is -0.401. The van der Waals surface area contributed by atoms with Gasteiger partial charge in [0.05, 0.1) is 6.04 Å². The maximum absolute atomic E-state index is 13.5. The van der Waals surface area contributed by atoms with E-state index < -0.39 is 36.8 Å². The minimum Gasteiger partial charge on any atom is -0.234 e. The standard InChI is InChI=1S/C14H20F6N4/c1-21-7-3-5-9(23(21)13(15,16)17)12-8-4-6-10(11(7)12)24(22(8)2)14(18,19)20/h7-12H,3-6H2,1-2H3/q+1/t7-,8-,9+,10+,11-,12+/m1/s1. The van der Waals surface area contributed by atoms with Gasteiger partial charge in [-0.1, -0.05) is 5.01 Å². The fourth-order valence-electron chi connectivity index (χ4n) is 5.96. The fourth-order valence-corrected chi connectivity index (χ4v) is 5.96. The number of hydrogen-bond acceptors (Lipinski definition) is 4. The molecule has 0 spiro atoms. The van der Waals surface area contributed by atoms with E-state index in [0.29, 0.717) is 35.7 Å². The van der Waals surface area contributed by atoms with Gasteiger partial charge in [-0.05, 0) is 24.3 Å². The van der Waals surface area contributed by atoms with Crippen LogP contribution in [0.5, 0.6) is 0 Å². The number of halogens is 6. The maximum atomic E-state index is 13.5. The summed E-state index contributed by atoms with van der Waals surface area (Å²) in [5, 5.41) is 3.25. The first-order chi connectivity index (χ1) is 11.0. The van der Waals surface area contributed by atoms with Crippen LogP contribution in [-0.2, 0) is 0 Å². The van der Waals surface area contributed by atoms with Crippen LogP contribution < -0.4 is 5.01 Å². The monoisotopic (exact) mass is 358 g/mol. The summed E-state index contributed by atoms with van der Waals surface area (Å²) < 4.78 is 81.0. The lowest BCUT2D eigenvalue weighted by atomic mass is 9.58. The second-order valence-electron chi connectivity index (χ2n) is 7.35. The van der Waals surface area contributed by atoms with E-state index in [0.717, 1.165) is 10.0 Å². The van der Waals surface area contributed by atoms with Gasteiger partial charge in [0.2, 0.25) is 0 Å². The number of hydrazine groups is 2. The Morgan fingerprint density at radius 2 is 1.38 bits per heavy atom. The Hall–Kier alpha value is -0.580. The molecule has 0 amide bonds. The third kappa shape index (κ3) is 2.09. The highest BCUT2D eigenvalue weighted by molar-refractivity contribution is 5.14. The lowest BCUT2D eigenvalue weighted by Gasteiger charge is -2.65. The van der Waals surface area contributed by atoms with Crippen LogP contribution >= 0.6 is 0 Å². The van der Waals surface area contributed by atoms with Crippen LogP contribution in [0.4, 0.5) is 26.3 Å². The van der Waals surface area contributed by atoms with Crippen molar-refractivity contribution in [2.75, 3.05) is 14.1 Å². The third-order valence-electron chi connectivity index (χ3n) is 6.53. The molecule has 4 bridgehead atoms. The zero-order valence-corrected chi connectivity index (χ0v) is 13.3. The molecule has 0 aromatic heterocycles.